The van der Waals surface area contributed by atoms with E-state index in [1.807, 2.05) is 0 Å². The molecule has 0 radical (unpaired) electrons. The van der Waals surface area contributed by atoms with Gasteiger partial charge in [0.25, 0.3) is 0 Å². The van der Waals surface area contributed by atoms with Crippen LogP contribution in [-0.2, 0) is 47.6 Å². The molecule has 2 aliphatic carbocycles. The van der Waals surface area contributed by atoms with Gasteiger partial charge in [0.1, 0.15) is 35.6 Å². The number of carboxylic acids is 1. The van der Waals surface area contributed by atoms with E-state index in [1.165, 1.54) is 56.3 Å². The van der Waals surface area contributed by atoms with E-state index in [9.17, 15) is 49.5 Å². The summed E-state index contributed by atoms with van der Waals surface area (Å²) in [6.45, 7) is 11.7. The Bertz CT molecular complexity index is 2460. The number of fused-ring (bicyclic) bond motifs is 3. The Morgan fingerprint density at radius 3 is 1.93 bits per heavy atom. The van der Waals surface area contributed by atoms with Crippen molar-refractivity contribution in [3.63, 3.8) is 0 Å². The fourth-order valence-corrected chi connectivity index (χ4v) is 10.1. The van der Waals surface area contributed by atoms with E-state index in [0.717, 1.165) is 6.92 Å². The highest BCUT2D eigenvalue weighted by Crippen LogP contribution is 2.61. The molecule has 1 amide bonds. The van der Waals surface area contributed by atoms with E-state index in [1.54, 1.807) is 84.0 Å². The summed E-state index contributed by atoms with van der Waals surface area (Å²) in [5, 5.41) is 62.8. The molecule has 0 bridgehead atoms. The van der Waals surface area contributed by atoms with Gasteiger partial charge in [0, 0.05) is 31.1 Å². The summed E-state index contributed by atoms with van der Waals surface area (Å²) in [5.74, 6) is -8.54. The standard InChI is InChI=1S/C53H67NO19/c1-29-35(69-47(63)42(40(31-18-12-10-13-19-31)54-48(64)73-50(6,7)8)70-39(59)27-67-34-23-17-16-22-33(34)66-26-38(57)58)25-53(65,49(3,4)5)45(71-46(62)32-20-14-11-15-21-32)43-51(9,44(61)41(29)60)36(56)24-37-52(43,28-68-37)72-30(2)55/h10-23,29,35-37,40-45,56,60-61,65H,24-28H2,1-9H3,(H,54,64)(H,57,58)/t29?,35-,36-,37+,40-,41+,42+,43-,44+,45-,51+,52-,53?/m0/s1. The van der Waals surface area contributed by atoms with Gasteiger partial charge >= 0.3 is 35.9 Å². The summed E-state index contributed by atoms with van der Waals surface area (Å²) in [7, 11) is 0. The highest BCUT2D eigenvalue weighted by Gasteiger charge is 2.76. The molecule has 3 aromatic rings. The number of ether oxygens (including phenoxy) is 8. The third-order valence-electron chi connectivity index (χ3n) is 14.1. The number of carboxylic acid groups (broad SMARTS) is 1. The number of para-hydroxylation sites is 2. The monoisotopic (exact) mass is 1020 g/mol. The Morgan fingerprint density at radius 1 is 0.822 bits per heavy atom. The number of benzene rings is 3. The summed E-state index contributed by atoms with van der Waals surface area (Å²) in [4.78, 5) is 81.6. The SMILES string of the molecule is CC(=O)O[C@@]12CO[C@@H]1C[C@H](O)[C@@]1(C)[C@H](O)[C@H](O)C(C)[C@@H](OC(=O)[C@H](OC(=O)COc3ccccc3OCC(=O)O)[C@@H](NC(=O)OC(C)(C)C)c3ccccc3)CC(O)(C(C)(C)C)[C@@H](OC(=O)c3ccccc3)[C@H]21. The smallest absolute Gasteiger partial charge is 0.408 e. The number of hydrogen-bond acceptors (Lipinski definition) is 18. The van der Waals surface area contributed by atoms with Crippen molar-refractivity contribution in [1.82, 2.24) is 5.32 Å². The minimum atomic E-state index is -2.40. The Morgan fingerprint density at radius 2 is 1.40 bits per heavy atom. The van der Waals surface area contributed by atoms with Crippen LogP contribution in [0.4, 0.5) is 4.79 Å². The molecule has 1 aliphatic heterocycles. The second-order valence-corrected chi connectivity index (χ2v) is 21.1. The topological polar surface area (TPSA) is 289 Å². The first-order chi connectivity index (χ1) is 34.1. The van der Waals surface area contributed by atoms with Crippen LogP contribution in [0.2, 0.25) is 0 Å². The number of alkyl carbamates (subject to hydrolysis) is 1. The number of amides is 1. The highest BCUT2D eigenvalue weighted by molar-refractivity contribution is 5.89. The summed E-state index contributed by atoms with van der Waals surface area (Å²) in [5.41, 5.74) is -8.34. The number of hydrogen-bond donors (Lipinski definition) is 6. The maximum absolute atomic E-state index is 15.2. The third kappa shape index (κ3) is 12.0. The average Bonchev–Trinajstić information content (AvgIpc) is 3.33. The van der Waals surface area contributed by atoms with E-state index in [2.05, 4.69) is 5.32 Å². The zero-order valence-corrected chi connectivity index (χ0v) is 42.3. The van der Waals surface area contributed by atoms with Gasteiger partial charge in [0.15, 0.2) is 30.3 Å². The Labute approximate surface area is 423 Å². The number of esters is 4. The normalized spacial score (nSPS) is 29.8. The van der Waals surface area contributed by atoms with Crippen molar-refractivity contribution >= 4 is 35.9 Å². The lowest BCUT2D eigenvalue weighted by Crippen LogP contribution is -2.80. The molecule has 3 aliphatic rings. The molecule has 6 rings (SSSR count). The van der Waals surface area contributed by atoms with Crippen molar-refractivity contribution in [1.29, 1.82) is 0 Å². The molecule has 3 fully saturated rings. The molecule has 0 spiro atoms. The van der Waals surface area contributed by atoms with Crippen LogP contribution in [0.15, 0.2) is 84.9 Å². The number of aliphatic hydroxyl groups excluding tert-OH is 3. The largest absolute Gasteiger partial charge is 0.479 e. The molecule has 20 heteroatoms. The second kappa shape index (κ2) is 22.0. The van der Waals surface area contributed by atoms with E-state index < -0.39 is 144 Å². The predicted octanol–water partition coefficient (Wildman–Crippen LogP) is 4.47. The zero-order chi connectivity index (χ0) is 53.8. The van der Waals surface area contributed by atoms with Gasteiger partial charge < -0.3 is 68.7 Å². The second-order valence-electron chi connectivity index (χ2n) is 21.1. The van der Waals surface area contributed by atoms with Crippen LogP contribution in [0, 0.1) is 22.7 Å². The van der Waals surface area contributed by atoms with Gasteiger partial charge in [-0.3, -0.25) is 4.79 Å². The first-order valence-electron chi connectivity index (χ1n) is 24.0. The van der Waals surface area contributed by atoms with Crippen molar-refractivity contribution in [2.45, 2.75) is 141 Å². The van der Waals surface area contributed by atoms with Gasteiger partial charge in [-0.15, -0.1) is 0 Å². The number of carbonyl (C=O) groups is 6. The van der Waals surface area contributed by atoms with Gasteiger partial charge in [-0.25, -0.2) is 24.0 Å². The summed E-state index contributed by atoms with van der Waals surface area (Å²) in [6.07, 6.45) is -14.1. The van der Waals surface area contributed by atoms with Crippen molar-refractivity contribution in [3.05, 3.63) is 96.1 Å². The number of aliphatic hydroxyl groups is 4. The molecule has 1 saturated heterocycles. The minimum absolute atomic E-state index is 0.0308. The molecule has 3 aromatic carbocycles. The molecule has 13 atom stereocenters. The fourth-order valence-electron chi connectivity index (χ4n) is 10.1. The van der Waals surface area contributed by atoms with Gasteiger partial charge in [0.2, 0.25) is 6.10 Å². The van der Waals surface area contributed by atoms with E-state index in [-0.39, 0.29) is 35.7 Å². The Kier molecular flexibility index (Phi) is 16.9. The average molecular weight is 1020 g/mol. The zero-order valence-electron chi connectivity index (χ0n) is 42.3. The molecule has 2 unspecified atom stereocenters. The lowest BCUT2D eigenvalue weighted by Gasteiger charge is -2.66. The van der Waals surface area contributed by atoms with Crippen LogP contribution in [0.25, 0.3) is 0 Å². The Balaban J connectivity index is 1.48. The van der Waals surface area contributed by atoms with Crippen LogP contribution >= 0.6 is 0 Å². The van der Waals surface area contributed by atoms with Gasteiger partial charge in [0.05, 0.1) is 36.4 Å². The fraction of sp³-hybridized carbons (Fsp3) is 0.547. The first kappa shape index (κ1) is 56.0. The van der Waals surface area contributed by atoms with Gasteiger partial charge in [-0.1, -0.05) is 95.3 Å². The van der Waals surface area contributed by atoms with Gasteiger partial charge in [-0.05, 0) is 56.0 Å². The third-order valence-corrected chi connectivity index (χ3v) is 14.1. The molecule has 398 valence electrons. The van der Waals surface area contributed by atoms with Crippen molar-refractivity contribution in [3.8, 4) is 11.5 Å². The highest BCUT2D eigenvalue weighted by atomic mass is 16.6. The molecule has 73 heavy (non-hydrogen) atoms. The van der Waals surface area contributed by atoms with Crippen LogP contribution in [-0.4, -0.2) is 141 Å². The molecular weight excluding hydrogens is 955 g/mol. The lowest BCUT2D eigenvalue weighted by atomic mass is 9.49. The van der Waals surface area contributed by atoms with Crippen molar-refractivity contribution in [2.75, 3.05) is 19.8 Å². The van der Waals surface area contributed by atoms with Gasteiger partial charge in [-0.2, -0.15) is 0 Å². The Hall–Kier alpha value is -6.32. The molecule has 2 saturated carbocycles. The van der Waals surface area contributed by atoms with E-state index in [4.69, 9.17) is 37.9 Å². The van der Waals surface area contributed by atoms with Crippen LogP contribution in [0.3, 0.4) is 0 Å². The molecule has 0 aromatic heterocycles. The molecule has 1 heterocycles. The maximum atomic E-state index is 15.2. The number of nitrogens with one attached hydrogen (secondary N) is 1. The number of carbonyl (C=O) groups excluding carboxylic acids is 5. The van der Waals surface area contributed by atoms with Crippen LogP contribution in [0.5, 0.6) is 11.5 Å². The lowest BCUT2D eigenvalue weighted by molar-refractivity contribution is -0.359. The van der Waals surface area contributed by atoms with Crippen LogP contribution in [0.1, 0.15) is 97.1 Å². The quantitative estimate of drug-likeness (QED) is 0.0904. The number of rotatable bonds is 15. The molecule has 6 N–H and O–H groups in total. The van der Waals surface area contributed by atoms with E-state index in [0.29, 0.717) is 0 Å². The summed E-state index contributed by atoms with van der Waals surface area (Å²) in [6, 6.07) is 20.0. The molecular formula is C53H67NO19. The van der Waals surface area contributed by atoms with Crippen LogP contribution < -0.4 is 14.8 Å². The predicted molar refractivity (Wildman–Crippen MR) is 256 cm³/mol. The summed E-state index contributed by atoms with van der Waals surface area (Å²) < 4.78 is 47.2. The number of aliphatic carboxylic acids is 1. The maximum Gasteiger partial charge on any atom is 0.408 e. The van der Waals surface area contributed by atoms with Crippen molar-refractivity contribution in [2.24, 2.45) is 22.7 Å². The summed E-state index contributed by atoms with van der Waals surface area (Å²) >= 11 is 0. The first-order valence-corrected chi connectivity index (χ1v) is 24.0. The minimum Gasteiger partial charge on any atom is -0.479 e. The van der Waals surface area contributed by atoms with Crippen molar-refractivity contribution < 1.29 is 92.2 Å². The molecule has 20 nitrogen and oxygen atoms in total. The van der Waals surface area contributed by atoms with E-state index >= 15 is 4.79 Å².